The molecule has 1 aromatic carbocycles. The molecule has 0 heterocycles. The third-order valence-corrected chi connectivity index (χ3v) is 3.98. The number of benzene rings is 1. The first kappa shape index (κ1) is 17.6. The fourth-order valence-electron chi connectivity index (χ4n) is 2.32. The number of ether oxygens (including phenoxy) is 1. The van der Waals surface area contributed by atoms with E-state index in [1.54, 1.807) is 0 Å². The Labute approximate surface area is 143 Å². The van der Waals surface area contributed by atoms with Crippen LogP contribution in [0.2, 0.25) is 10.0 Å². The summed E-state index contributed by atoms with van der Waals surface area (Å²) in [5, 5.41) is 5.32. The van der Waals surface area contributed by atoms with Crippen molar-refractivity contribution in [2.45, 2.75) is 31.7 Å². The second kappa shape index (κ2) is 8.17. The van der Waals surface area contributed by atoms with Gasteiger partial charge in [0.05, 0.1) is 10.6 Å². The third kappa shape index (κ3) is 5.41. The highest BCUT2D eigenvalue weighted by Gasteiger charge is 2.19. The van der Waals surface area contributed by atoms with Crippen LogP contribution in [0.3, 0.4) is 0 Å². The van der Waals surface area contributed by atoms with Crippen LogP contribution in [0.1, 0.15) is 36.0 Å². The number of imide groups is 1. The first-order chi connectivity index (χ1) is 11.0. The molecule has 6 nitrogen and oxygen atoms in total. The lowest BCUT2D eigenvalue weighted by Crippen LogP contribution is -2.45. The van der Waals surface area contributed by atoms with Crippen LogP contribution >= 0.6 is 23.2 Å². The van der Waals surface area contributed by atoms with Gasteiger partial charge < -0.3 is 10.1 Å². The molecule has 2 N–H and O–H groups in total. The van der Waals surface area contributed by atoms with E-state index in [2.05, 4.69) is 10.6 Å². The van der Waals surface area contributed by atoms with Gasteiger partial charge in [-0.15, -0.1) is 0 Å². The van der Waals surface area contributed by atoms with E-state index in [4.69, 9.17) is 27.9 Å². The summed E-state index contributed by atoms with van der Waals surface area (Å²) >= 11 is 11.6. The van der Waals surface area contributed by atoms with E-state index in [-0.39, 0.29) is 16.6 Å². The summed E-state index contributed by atoms with van der Waals surface area (Å²) in [6, 6.07) is 3.80. The van der Waals surface area contributed by atoms with Gasteiger partial charge in [0.25, 0.3) is 5.91 Å². The minimum absolute atomic E-state index is 0.0956. The molecule has 124 valence electrons. The smallest absolute Gasteiger partial charge is 0.340 e. The maximum absolute atomic E-state index is 11.8. The van der Waals surface area contributed by atoms with Gasteiger partial charge in [0.2, 0.25) is 0 Å². The number of urea groups is 1. The number of halogens is 2. The SMILES string of the molecule is O=C(COC(=O)c1ccc(Cl)cc1Cl)NC(=O)NC1CCCC1. The maximum Gasteiger partial charge on any atom is 0.340 e. The van der Waals surface area contributed by atoms with Crippen molar-refractivity contribution in [1.82, 2.24) is 10.6 Å². The van der Waals surface area contributed by atoms with E-state index in [1.807, 2.05) is 0 Å². The molecule has 0 aliphatic heterocycles. The fraction of sp³-hybridized carbons (Fsp3) is 0.400. The third-order valence-electron chi connectivity index (χ3n) is 3.43. The number of carbonyl (C=O) groups is 3. The summed E-state index contributed by atoms with van der Waals surface area (Å²) in [7, 11) is 0. The molecule has 3 amide bonds. The van der Waals surface area contributed by atoms with Crippen LogP contribution in [0.5, 0.6) is 0 Å². The average Bonchev–Trinajstić information content (AvgIpc) is 2.97. The molecule has 0 spiro atoms. The first-order valence-electron chi connectivity index (χ1n) is 7.18. The molecule has 0 radical (unpaired) electrons. The van der Waals surface area contributed by atoms with Gasteiger partial charge in [0, 0.05) is 11.1 Å². The zero-order chi connectivity index (χ0) is 16.8. The topological polar surface area (TPSA) is 84.5 Å². The van der Waals surface area contributed by atoms with Crippen LogP contribution in [0.25, 0.3) is 0 Å². The van der Waals surface area contributed by atoms with Gasteiger partial charge in [-0.2, -0.15) is 0 Å². The van der Waals surface area contributed by atoms with Crippen molar-refractivity contribution in [1.29, 1.82) is 0 Å². The Kier molecular flexibility index (Phi) is 6.24. The Hall–Kier alpha value is -1.79. The van der Waals surface area contributed by atoms with E-state index in [9.17, 15) is 14.4 Å². The Bertz CT molecular complexity index is 615. The predicted molar refractivity (Wildman–Crippen MR) is 85.7 cm³/mol. The molecule has 8 heteroatoms. The van der Waals surface area contributed by atoms with Crippen LogP contribution in [0, 0.1) is 0 Å². The summed E-state index contributed by atoms with van der Waals surface area (Å²) in [5.74, 6) is -1.48. The van der Waals surface area contributed by atoms with E-state index < -0.39 is 24.5 Å². The predicted octanol–water partition coefficient (Wildman–Crippen LogP) is 2.92. The molecule has 0 saturated heterocycles. The molecule has 1 aliphatic carbocycles. The second-order valence-corrected chi connectivity index (χ2v) is 6.05. The van der Waals surface area contributed by atoms with Crippen molar-refractivity contribution in [2.24, 2.45) is 0 Å². The Morgan fingerprint density at radius 1 is 1.17 bits per heavy atom. The van der Waals surface area contributed by atoms with Crippen molar-refractivity contribution >= 4 is 41.1 Å². The molecular formula is C15H16Cl2N2O4. The van der Waals surface area contributed by atoms with Crippen molar-refractivity contribution in [2.75, 3.05) is 6.61 Å². The van der Waals surface area contributed by atoms with Gasteiger partial charge in [-0.1, -0.05) is 36.0 Å². The molecule has 0 atom stereocenters. The maximum atomic E-state index is 11.8. The standard InChI is InChI=1S/C15H16Cl2N2O4/c16-9-5-6-11(12(17)7-9)14(21)23-8-13(20)19-15(22)18-10-3-1-2-4-10/h5-7,10H,1-4,8H2,(H2,18,19,20,22). The van der Waals surface area contributed by atoms with Crippen molar-refractivity contribution in [3.8, 4) is 0 Å². The Balaban J connectivity index is 1.77. The summed E-state index contributed by atoms with van der Waals surface area (Å²) in [4.78, 5) is 35.0. The molecule has 0 unspecified atom stereocenters. The van der Waals surface area contributed by atoms with Crippen LogP contribution in [0.4, 0.5) is 4.79 Å². The number of amides is 3. The van der Waals surface area contributed by atoms with Gasteiger partial charge in [-0.3, -0.25) is 10.1 Å². The van der Waals surface area contributed by atoms with Crippen molar-refractivity contribution < 1.29 is 19.1 Å². The summed E-state index contributed by atoms with van der Waals surface area (Å²) in [6.45, 7) is -0.574. The van der Waals surface area contributed by atoms with E-state index >= 15 is 0 Å². The Morgan fingerprint density at radius 3 is 2.52 bits per heavy atom. The quantitative estimate of drug-likeness (QED) is 0.810. The van der Waals surface area contributed by atoms with Crippen LogP contribution in [-0.4, -0.2) is 30.6 Å². The normalized spacial score (nSPS) is 14.3. The lowest BCUT2D eigenvalue weighted by atomic mass is 10.2. The number of carbonyl (C=O) groups excluding carboxylic acids is 3. The average molecular weight is 359 g/mol. The van der Waals surface area contributed by atoms with E-state index in [0.717, 1.165) is 25.7 Å². The minimum atomic E-state index is -0.766. The van der Waals surface area contributed by atoms with Gasteiger partial charge in [-0.25, -0.2) is 9.59 Å². The summed E-state index contributed by atoms with van der Waals surface area (Å²) in [5.41, 5.74) is 0.0965. The van der Waals surface area contributed by atoms with Crippen LogP contribution in [-0.2, 0) is 9.53 Å². The molecular weight excluding hydrogens is 343 g/mol. The lowest BCUT2D eigenvalue weighted by molar-refractivity contribution is -0.123. The molecule has 2 rings (SSSR count). The number of hydrogen-bond acceptors (Lipinski definition) is 4. The largest absolute Gasteiger partial charge is 0.452 e. The minimum Gasteiger partial charge on any atom is -0.452 e. The van der Waals surface area contributed by atoms with Gasteiger partial charge in [0.15, 0.2) is 6.61 Å². The summed E-state index contributed by atoms with van der Waals surface area (Å²) in [6.07, 6.45) is 3.95. The number of rotatable bonds is 4. The highest BCUT2D eigenvalue weighted by atomic mass is 35.5. The van der Waals surface area contributed by atoms with E-state index in [0.29, 0.717) is 5.02 Å². The van der Waals surface area contributed by atoms with Crippen molar-refractivity contribution in [3.63, 3.8) is 0 Å². The number of esters is 1. The lowest BCUT2D eigenvalue weighted by Gasteiger charge is -2.12. The second-order valence-electron chi connectivity index (χ2n) is 5.20. The zero-order valence-electron chi connectivity index (χ0n) is 12.2. The highest BCUT2D eigenvalue weighted by molar-refractivity contribution is 6.36. The van der Waals surface area contributed by atoms with E-state index in [1.165, 1.54) is 18.2 Å². The molecule has 1 aliphatic rings. The van der Waals surface area contributed by atoms with Crippen LogP contribution < -0.4 is 10.6 Å². The first-order valence-corrected chi connectivity index (χ1v) is 7.94. The molecule has 1 aromatic rings. The highest BCUT2D eigenvalue weighted by Crippen LogP contribution is 2.21. The number of hydrogen-bond donors (Lipinski definition) is 2. The zero-order valence-corrected chi connectivity index (χ0v) is 13.7. The van der Waals surface area contributed by atoms with Crippen LogP contribution in [0.15, 0.2) is 18.2 Å². The van der Waals surface area contributed by atoms with Gasteiger partial charge >= 0.3 is 12.0 Å². The fourth-order valence-corrected chi connectivity index (χ4v) is 2.80. The number of nitrogens with one attached hydrogen (secondary N) is 2. The summed E-state index contributed by atoms with van der Waals surface area (Å²) < 4.78 is 4.82. The molecule has 23 heavy (non-hydrogen) atoms. The monoisotopic (exact) mass is 358 g/mol. The van der Waals surface area contributed by atoms with Gasteiger partial charge in [-0.05, 0) is 31.0 Å². The molecule has 0 bridgehead atoms. The molecule has 0 aromatic heterocycles. The van der Waals surface area contributed by atoms with Gasteiger partial charge in [0.1, 0.15) is 0 Å². The molecule has 1 saturated carbocycles. The molecule has 1 fully saturated rings. The Morgan fingerprint density at radius 2 is 1.87 bits per heavy atom. The van der Waals surface area contributed by atoms with Crippen molar-refractivity contribution in [3.05, 3.63) is 33.8 Å².